The molecular formula is C27H32BrN3O4S. The van der Waals surface area contributed by atoms with E-state index in [4.69, 9.17) is 0 Å². The minimum absolute atomic E-state index is 0.168. The quantitative estimate of drug-likeness (QED) is 0.337. The summed E-state index contributed by atoms with van der Waals surface area (Å²) < 4.78 is 27.8. The van der Waals surface area contributed by atoms with Gasteiger partial charge in [-0.3, -0.25) is 13.9 Å². The van der Waals surface area contributed by atoms with Gasteiger partial charge in [-0.15, -0.1) is 0 Å². The first kappa shape index (κ1) is 27.7. The third kappa shape index (κ3) is 7.07. The Kier molecular flexibility index (Phi) is 9.50. The highest BCUT2D eigenvalue weighted by Gasteiger charge is 2.30. The number of halogens is 1. The fourth-order valence-corrected chi connectivity index (χ4v) is 5.05. The minimum atomic E-state index is -3.80. The molecular weight excluding hydrogens is 542 g/mol. The summed E-state index contributed by atoms with van der Waals surface area (Å²) in [6.07, 6.45) is 2.86. The van der Waals surface area contributed by atoms with Crippen LogP contribution in [-0.4, -0.2) is 50.5 Å². The number of benzene rings is 3. The Morgan fingerprint density at radius 2 is 1.67 bits per heavy atom. The average molecular weight is 575 g/mol. The van der Waals surface area contributed by atoms with E-state index < -0.39 is 28.5 Å². The van der Waals surface area contributed by atoms with Gasteiger partial charge in [0.05, 0.1) is 11.9 Å². The molecule has 0 aliphatic heterocycles. The van der Waals surface area contributed by atoms with Crippen molar-refractivity contribution in [2.45, 2.75) is 39.3 Å². The summed E-state index contributed by atoms with van der Waals surface area (Å²) in [7, 11) is -3.80. The number of unbranched alkanes of at least 4 members (excludes halogenated alkanes) is 1. The van der Waals surface area contributed by atoms with Crippen molar-refractivity contribution >= 4 is 54.2 Å². The van der Waals surface area contributed by atoms with Crippen LogP contribution in [0, 0.1) is 0 Å². The molecule has 0 aliphatic carbocycles. The number of nitrogens with one attached hydrogen (secondary N) is 1. The fourth-order valence-electron chi connectivity index (χ4n) is 3.93. The zero-order valence-electron chi connectivity index (χ0n) is 20.8. The number of hydrogen-bond donors (Lipinski definition) is 1. The molecule has 0 heterocycles. The van der Waals surface area contributed by atoms with Crippen molar-refractivity contribution in [2.24, 2.45) is 0 Å². The molecule has 0 radical (unpaired) electrons. The smallest absolute Gasteiger partial charge is 0.244 e. The molecule has 7 nitrogen and oxygen atoms in total. The van der Waals surface area contributed by atoms with Crippen LogP contribution >= 0.6 is 15.9 Å². The molecule has 0 aromatic heterocycles. The van der Waals surface area contributed by atoms with Crippen molar-refractivity contribution in [1.82, 2.24) is 10.2 Å². The van der Waals surface area contributed by atoms with E-state index in [0.29, 0.717) is 12.2 Å². The third-order valence-electron chi connectivity index (χ3n) is 5.98. The van der Waals surface area contributed by atoms with E-state index in [9.17, 15) is 18.0 Å². The number of carbonyl (C=O) groups is 2. The summed E-state index contributed by atoms with van der Waals surface area (Å²) in [5, 5.41) is 4.47. The Morgan fingerprint density at radius 1 is 1.00 bits per heavy atom. The summed E-state index contributed by atoms with van der Waals surface area (Å²) in [4.78, 5) is 28.0. The van der Waals surface area contributed by atoms with E-state index >= 15 is 0 Å². The first-order chi connectivity index (χ1) is 17.1. The molecule has 0 bridgehead atoms. The lowest BCUT2D eigenvalue weighted by Gasteiger charge is -2.31. The highest BCUT2D eigenvalue weighted by molar-refractivity contribution is 9.10. The molecule has 0 fully saturated rings. The van der Waals surface area contributed by atoms with Gasteiger partial charge in [0.1, 0.15) is 12.6 Å². The molecule has 2 amide bonds. The van der Waals surface area contributed by atoms with Crippen LogP contribution < -0.4 is 9.62 Å². The van der Waals surface area contributed by atoms with Gasteiger partial charge in [0.15, 0.2) is 0 Å². The number of fused-ring (bicyclic) bond motifs is 1. The SMILES string of the molecule is CCCCNC(=O)C(C)N(Cc1ccc(Br)cc1)C(=O)CN(c1cccc2ccccc12)S(C)(=O)=O. The van der Waals surface area contributed by atoms with Gasteiger partial charge in [0, 0.05) is 22.9 Å². The predicted molar refractivity (Wildman–Crippen MR) is 148 cm³/mol. The fraction of sp³-hybridized carbons (Fsp3) is 0.333. The third-order valence-corrected chi connectivity index (χ3v) is 7.63. The zero-order chi connectivity index (χ0) is 26.3. The van der Waals surface area contributed by atoms with Gasteiger partial charge in [-0.25, -0.2) is 8.42 Å². The first-order valence-corrected chi connectivity index (χ1v) is 14.5. The van der Waals surface area contributed by atoms with Gasteiger partial charge in [-0.2, -0.15) is 0 Å². The Hall–Kier alpha value is -2.91. The summed E-state index contributed by atoms with van der Waals surface area (Å²) in [6, 6.07) is 19.5. The molecule has 1 unspecified atom stereocenters. The molecule has 0 saturated carbocycles. The van der Waals surface area contributed by atoms with E-state index in [1.54, 1.807) is 19.1 Å². The lowest BCUT2D eigenvalue weighted by atomic mass is 10.1. The molecule has 9 heteroatoms. The number of amides is 2. The number of hydrogen-bond acceptors (Lipinski definition) is 4. The van der Waals surface area contributed by atoms with Gasteiger partial charge < -0.3 is 10.2 Å². The largest absolute Gasteiger partial charge is 0.354 e. The van der Waals surface area contributed by atoms with Crippen LogP contribution in [0.15, 0.2) is 71.2 Å². The highest BCUT2D eigenvalue weighted by Crippen LogP contribution is 2.28. The van der Waals surface area contributed by atoms with Crippen molar-refractivity contribution in [1.29, 1.82) is 0 Å². The van der Waals surface area contributed by atoms with Gasteiger partial charge >= 0.3 is 0 Å². The molecule has 1 N–H and O–H groups in total. The van der Waals surface area contributed by atoms with Crippen LogP contribution in [-0.2, 0) is 26.2 Å². The second-order valence-electron chi connectivity index (χ2n) is 8.74. The van der Waals surface area contributed by atoms with E-state index in [1.807, 2.05) is 61.5 Å². The Labute approximate surface area is 221 Å². The molecule has 0 saturated heterocycles. The summed E-state index contributed by atoms with van der Waals surface area (Å²) in [6.45, 7) is 3.97. The summed E-state index contributed by atoms with van der Waals surface area (Å²) in [5.41, 5.74) is 1.25. The number of rotatable bonds is 11. The maximum absolute atomic E-state index is 13.7. The predicted octanol–water partition coefficient (Wildman–Crippen LogP) is 4.70. The summed E-state index contributed by atoms with van der Waals surface area (Å²) in [5.74, 6) is -0.737. The number of anilines is 1. The Morgan fingerprint density at radius 3 is 2.33 bits per heavy atom. The number of carbonyl (C=O) groups excluding carboxylic acids is 2. The van der Waals surface area contributed by atoms with Crippen LogP contribution in [0.25, 0.3) is 10.8 Å². The van der Waals surface area contributed by atoms with E-state index in [1.165, 1.54) is 4.90 Å². The maximum atomic E-state index is 13.7. The zero-order valence-corrected chi connectivity index (χ0v) is 23.2. The monoisotopic (exact) mass is 573 g/mol. The lowest BCUT2D eigenvalue weighted by Crippen LogP contribution is -2.51. The van der Waals surface area contributed by atoms with Crippen LogP contribution in [0.5, 0.6) is 0 Å². The van der Waals surface area contributed by atoms with Crippen molar-refractivity contribution in [3.05, 3.63) is 76.8 Å². The lowest BCUT2D eigenvalue weighted by molar-refractivity contribution is -0.139. The Balaban J connectivity index is 1.95. The molecule has 192 valence electrons. The standard InChI is InChI=1S/C27H32BrN3O4S/c1-4-5-17-29-27(33)20(2)30(18-21-13-15-23(28)16-14-21)26(32)19-31(36(3,34)35)25-12-8-10-22-9-6-7-11-24(22)25/h6-16,20H,4-5,17-19H2,1-3H3,(H,29,33). The Bertz CT molecular complexity index is 1310. The van der Waals surface area contributed by atoms with Gasteiger partial charge in [-0.1, -0.05) is 77.8 Å². The van der Waals surface area contributed by atoms with E-state index in [-0.39, 0.29) is 12.5 Å². The van der Waals surface area contributed by atoms with Crippen molar-refractivity contribution < 1.29 is 18.0 Å². The molecule has 0 aliphatic rings. The van der Waals surface area contributed by atoms with E-state index in [0.717, 1.165) is 44.2 Å². The molecule has 3 rings (SSSR count). The second kappa shape index (κ2) is 12.4. The van der Waals surface area contributed by atoms with Gasteiger partial charge in [0.2, 0.25) is 21.8 Å². The van der Waals surface area contributed by atoms with Crippen molar-refractivity contribution in [3.8, 4) is 0 Å². The van der Waals surface area contributed by atoms with Gasteiger partial charge in [0.25, 0.3) is 0 Å². The molecule has 36 heavy (non-hydrogen) atoms. The van der Waals surface area contributed by atoms with Gasteiger partial charge in [-0.05, 0) is 42.5 Å². The average Bonchev–Trinajstić information content (AvgIpc) is 2.85. The van der Waals surface area contributed by atoms with Crippen molar-refractivity contribution in [3.63, 3.8) is 0 Å². The number of nitrogens with zero attached hydrogens (tertiary/aromatic N) is 2. The van der Waals surface area contributed by atoms with Crippen LogP contribution in [0.1, 0.15) is 32.3 Å². The van der Waals surface area contributed by atoms with Crippen LogP contribution in [0.3, 0.4) is 0 Å². The topological polar surface area (TPSA) is 86.8 Å². The number of sulfonamides is 1. The molecule has 3 aromatic carbocycles. The van der Waals surface area contributed by atoms with E-state index in [2.05, 4.69) is 21.2 Å². The molecule has 3 aromatic rings. The second-order valence-corrected chi connectivity index (χ2v) is 11.6. The first-order valence-electron chi connectivity index (χ1n) is 11.9. The normalized spacial score (nSPS) is 12.2. The van der Waals surface area contributed by atoms with Crippen molar-refractivity contribution in [2.75, 3.05) is 23.7 Å². The minimum Gasteiger partial charge on any atom is -0.354 e. The van der Waals surface area contributed by atoms with Crippen LogP contribution in [0.2, 0.25) is 0 Å². The highest BCUT2D eigenvalue weighted by atomic mass is 79.9. The molecule has 1 atom stereocenters. The maximum Gasteiger partial charge on any atom is 0.244 e. The molecule has 0 spiro atoms. The van der Waals surface area contributed by atoms with Crippen LogP contribution in [0.4, 0.5) is 5.69 Å². The summed E-state index contributed by atoms with van der Waals surface area (Å²) >= 11 is 3.41.